The molecule has 1 aromatic rings. The molecular formula is C13H16N2O5. The van der Waals surface area contributed by atoms with Gasteiger partial charge in [-0.05, 0) is 11.6 Å². The summed E-state index contributed by atoms with van der Waals surface area (Å²) in [4.78, 5) is 32.6. The third-order valence-corrected chi connectivity index (χ3v) is 2.42. The fourth-order valence-electron chi connectivity index (χ4n) is 1.43. The number of carbonyl (C=O) groups is 2. The van der Waals surface area contributed by atoms with Crippen LogP contribution >= 0.6 is 0 Å². The lowest BCUT2D eigenvalue weighted by molar-refractivity contribution is -0.384. The van der Waals surface area contributed by atoms with Crippen LogP contribution in [0.15, 0.2) is 18.2 Å². The normalized spacial score (nSPS) is 10.2. The van der Waals surface area contributed by atoms with Gasteiger partial charge in [-0.1, -0.05) is 19.9 Å². The van der Waals surface area contributed by atoms with E-state index in [0.29, 0.717) is 5.56 Å². The Balaban J connectivity index is 2.90. The minimum Gasteiger partial charge on any atom is -0.461 e. The summed E-state index contributed by atoms with van der Waals surface area (Å²) in [5.74, 6) is -1.03. The van der Waals surface area contributed by atoms with E-state index < -0.39 is 10.8 Å². The lowest BCUT2D eigenvalue weighted by Crippen LogP contribution is -2.12. The number of anilines is 1. The van der Waals surface area contributed by atoms with Crippen LogP contribution in [0.1, 0.15) is 26.3 Å². The standard InChI is InChI=1S/C13H16N2O5/c1-8(2)13(17)20-7-10-4-5-11(14-9(3)16)12(6-10)15(18)19/h4-6,8H,7H2,1-3H3,(H,14,16). The van der Waals surface area contributed by atoms with Gasteiger partial charge in [-0.2, -0.15) is 0 Å². The van der Waals surface area contributed by atoms with Gasteiger partial charge in [-0.25, -0.2) is 0 Å². The lowest BCUT2D eigenvalue weighted by atomic mass is 10.1. The molecular weight excluding hydrogens is 264 g/mol. The van der Waals surface area contributed by atoms with Gasteiger partial charge in [0.05, 0.1) is 10.8 Å². The Morgan fingerprint density at radius 3 is 2.55 bits per heavy atom. The maximum atomic E-state index is 11.3. The van der Waals surface area contributed by atoms with Crippen LogP contribution in [0.3, 0.4) is 0 Å². The van der Waals surface area contributed by atoms with Crippen molar-refractivity contribution in [2.75, 3.05) is 5.32 Å². The number of esters is 1. The number of nitro groups is 1. The van der Waals surface area contributed by atoms with Crippen molar-refractivity contribution in [3.05, 3.63) is 33.9 Å². The van der Waals surface area contributed by atoms with E-state index in [1.54, 1.807) is 19.9 Å². The third kappa shape index (κ3) is 4.34. The second-order valence-electron chi connectivity index (χ2n) is 4.55. The fraction of sp³-hybridized carbons (Fsp3) is 0.385. The summed E-state index contributed by atoms with van der Waals surface area (Å²) in [5.41, 5.74) is 0.361. The van der Waals surface area contributed by atoms with Crippen LogP contribution in [0, 0.1) is 16.0 Å². The van der Waals surface area contributed by atoms with E-state index >= 15 is 0 Å². The average Bonchev–Trinajstić information content (AvgIpc) is 2.35. The Kier molecular flexibility index (Phi) is 5.19. The average molecular weight is 280 g/mol. The molecule has 7 heteroatoms. The molecule has 1 N–H and O–H groups in total. The Bertz CT molecular complexity index is 540. The number of rotatable bonds is 5. The van der Waals surface area contributed by atoms with Gasteiger partial charge < -0.3 is 10.1 Å². The van der Waals surface area contributed by atoms with Gasteiger partial charge in [0.25, 0.3) is 5.69 Å². The summed E-state index contributed by atoms with van der Waals surface area (Å²) < 4.78 is 5.00. The maximum Gasteiger partial charge on any atom is 0.308 e. The highest BCUT2D eigenvalue weighted by molar-refractivity contribution is 5.91. The highest BCUT2D eigenvalue weighted by atomic mass is 16.6. The molecule has 108 valence electrons. The summed E-state index contributed by atoms with van der Waals surface area (Å²) in [5, 5.41) is 13.3. The molecule has 0 saturated carbocycles. The SMILES string of the molecule is CC(=O)Nc1ccc(COC(=O)C(C)C)cc1[N+](=O)[O-]. The predicted molar refractivity (Wildman–Crippen MR) is 72.0 cm³/mol. The zero-order valence-electron chi connectivity index (χ0n) is 11.5. The first kappa shape index (κ1) is 15.6. The summed E-state index contributed by atoms with van der Waals surface area (Å²) in [7, 11) is 0. The van der Waals surface area contributed by atoms with Gasteiger partial charge in [-0.15, -0.1) is 0 Å². The van der Waals surface area contributed by atoms with Gasteiger partial charge in [0.15, 0.2) is 0 Å². The Morgan fingerprint density at radius 1 is 1.40 bits per heavy atom. The molecule has 1 amide bonds. The van der Waals surface area contributed by atoms with Crippen LogP contribution in [0.4, 0.5) is 11.4 Å². The van der Waals surface area contributed by atoms with Gasteiger partial charge in [0, 0.05) is 13.0 Å². The zero-order valence-corrected chi connectivity index (χ0v) is 11.5. The van der Waals surface area contributed by atoms with Crippen molar-refractivity contribution < 1.29 is 19.2 Å². The second-order valence-corrected chi connectivity index (χ2v) is 4.55. The van der Waals surface area contributed by atoms with E-state index in [1.807, 2.05) is 0 Å². The number of hydrogen-bond acceptors (Lipinski definition) is 5. The number of hydrogen-bond donors (Lipinski definition) is 1. The Labute approximate surface area is 116 Å². The van der Waals surface area contributed by atoms with E-state index in [9.17, 15) is 19.7 Å². The van der Waals surface area contributed by atoms with Crippen LogP contribution in [0.5, 0.6) is 0 Å². The zero-order chi connectivity index (χ0) is 15.3. The number of benzene rings is 1. The molecule has 0 atom stereocenters. The fourth-order valence-corrected chi connectivity index (χ4v) is 1.43. The number of carbonyl (C=O) groups excluding carboxylic acids is 2. The van der Waals surface area contributed by atoms with Crippen molar-refractivity contribution in [1.82, 2.24) is 0 Å². The summed E-state index contributed by atoms with van der Waals surface area (Å²) >= 11 is 0. The summed E-state index contributed by atoms with van der Waals surface area (Å²) in [6.07, 6.45) is 0. The lowest BCUT2D eigenvalue weighted by Gasteiger charge is -2.08. The topological polar surface area (TPSA) is 98.5 Å². The van der Waals surface area contributed by atoms with Crippen molar-refractivity contribution in [1.29, 1.82) is 0 Å². The third-order valence-electron chi connectivity index (χ3n) is 2.42. The molecule has 0 spiro atoms. The molecule has 0 saturated heterocycles. The Morgan fingerprint density at radius 2 is 2.05 bits per heavy atom. The minimum atomic E-state index is -0.598. The van der Waals surface area contributed by atoms with Crippen molar-refractivity contribution in [2.24, 2.45) is 5.92 Å². The van der Waals surface area contributed by atoms with E-state index in [-0.39, 0.29) is 29.9 Å². The molecule has 0 radical (unpaired) electrons. The van der Waals surface area contributed by atoms with Gasteiger partial charge in [0.1, 0.15) is 12.3 Å². The monoisotopic (exact) mass is 280 g/mol. The van der Waals surface area contributed by atoms with Crippen LogP contribution in [0.2, 0.25) is 0 Å². The summed E-state index contributed by atoms with van der Waals surface area (Å²) in [6, 6.07) is 4.25. The molecule has 0 unspecified atom stereocenters. The number of nitro benzene ring substituents is 1. The van der Waals surface area contributed by atoms with Crippen LogP contribution in [-0.2, 0) is 20.9 Å². The molecule has 0 heterocycles. The van der Waals surface area contributed by atoms with E-state index in [4.69, 9.17) is 4.74 Å². The van der Waals surface area contributed by atoms with E-state index in [0.717, 1.165) is 0 Å². The van der Waals surface area contributed by atoms with Crippen molar-refractivity contribution >= 4 is 23.3 Å². The number of nitrogens with one attached hydrogen (secondary N) is 1. The van der Waals surface area contributed by atoms with E-state index in [1.165, 1.54) is 19.1 Å². The molecule has 1 aromatic carbocycles. The van der Waals surface area contributed by atoms with E-state index in [2.05, 4.69) is 5.32 Å². The molecule has 1 rings (SSSR count). The number of amides is 1. The highest BCUT2D eigenvalue weighted by Crippen LogP contribution is 2.26. The molecule has 0 bridgehead atoms. The molecule has 0 aliphatic heterocycles. The maximum absolute atomic E-state index is 11.3. The van der Waals surface area contributed by atoms with Crippen LogP contribution < -0.4 is 5.32 Å². The largest absolute Gasteiger partial charge is 0.461 e. The first-order chi connectivity index (χ1) is 9.31. The summed E-state index contributed by atoms with van der Waals surface area (Å²) in [6.45, 7) is 4.62. The van der Waals surface area contributed by atoms with Gasteiger partial charge in [-0.3, -0.25) is 19.7 Å². The molecule has 20 heavy (non-hydrogen) atoms. The smallest absolute Gasteiger partial charge is 0.308 e. The minimum absolute atomic E-state index is 0.0434. The number of nitrogens with zero attached hydrogens (tertiary/aromatic N) is 1. The number of ether oxygens (including phenoxy) is 1. The first-order valence-electron chi connectivity index (χ1n) is 6.02. The first-order valence-corrected chi connectivity index (χ1v) is 6.02. The predicted octanol–water partition coefficient (Wildman–Crippen LogP) is 2.25. The molecule has 0 fully saturated rings. The molecule has 0 aliphatic carbocycles. The molecule has 0 aliphatic rings. The highest BCUT2D eigenvalue weighted by Gasteiger charge is 2.16. The van der Waals surface area contributed by atoms with Crippen molar-refractivity contribution in [3.63, 3.8) is 0 Å². The quantitative estimate of drug-likeness (QED) is 0.506. The van der Waals surface area contributed by atoms with Crippen LogP contribution in [-0.4, -0.2) is 16.8 Å². The van der Waals surface area contributed by atoms with Gasteiger partial charge >= 0.3 is 5.97 Å². The van der Waals surface area contributed by atoms with Crippen molar-refractivity contribution in [2.45, 2.75) is 27.4 Å². The molecule has 7 nitrogen and oxygen atoms in total. The Hall–Kier alpha value is -2.44. The van der Waals surface area contributed by atoms with Crippen molar-refractivity contribution in [3.8, 4) is 0 Å². The van der Waals surface area contributed by atoms with Crippen LogP contribution in [0.25, 0.3) is 0 Å². The van der Waals surface area contributed by atoms with Gasteiger partial charge in [0.2, 0.25) is 5.91 Å². The molecule has 0 aromatic heterocycles. The second kappa shape index (κ2) is 6.65.